The van der Waals surface area contributed by atoms with Crippen LogP contribution in [0.3, 0.4) is 0 Å². The van der Waals surface area contributed by atoms with Crippen molar-refractivity contribution in [1.82, 2.24) is 0 Å². The Hall–Kier alpha value is -1.71. The van der Waals surface area contributed by atoms with Crippen molar-refractivity contribution in [2.24, 2.45) is 5.92 Å². The van der Waals surface area contributed by atoms with Gasteiger partial charge in [-0.1, -0.05) is 26.7 Å². The first kappa shape index (κ1) is 15.3. The number of rotatable bonds is 6. The number of aryl methyl sites for hydroxylation is 1. The van der Waals surface area contributed by atoms with Crippen molar-refractivity contribution in [3.8, 4) is 0 Å². The third-order valence-electron chi connectivity index (χ3n) is 3.77. The molecular weight excluding hydrogens is 240 g/mol. The van der Waals surface area contributed by atoms with Crippen molar-refractivity contribution in [2.45, 2.75) is 46.6 Å². The molecular formula is C15H24N2O2. The van der Waals surface area contributed by atoms with Gasteiger partial charge in [-0.3, -0.25) is 0 Å². The lowest BCUT2D eigenvalue weighted by molar-refractivity contribution is 0.0698. The third-order valence-corrected chi connectivity index (χ3v) is 3.77. The van der Waals surface area contributed by atoms with Crippen LogP contribution in [0.2, 0.25) is 0 Å². The summed E-state index contributed by atoms with van der Waals surface area (Å²) < 4.78 is 0. The van der Waals surface area contributed by atoms with E-state index >= 15 is 0 Å². The molecule has 4 heteroatoms. The van der Waals surface area contributed by atoms with Crippen LogP contribution in [-0.4, -0.2) is 17.1 Å². The predicted octanol–water partition coefficient (Wildman–Crippen LogP) is 3.51. The van der Waals surface area contributed by atoms with Crippen molar-refractivity contribution in [3.05, 3.63) is 23.3 Å². The normalized spacial score (nSPS) is 12.5. The number of hydrogen-bond acceptors (Lipinski definition) is 3. The van der Waals surface area contributed by atoms with Crippen LogP contribution in [0.15, 0.2) is 12.1 Å². The number of anilines is 2. The Morgan fingerprint density at radius 2 is 1.95 bits per heavy atom. The average molecular weight is 264 g/mol. The van der Waals surface area contributed by atoms with Crippen molar-refractivity contribution < 1.29 is 9.90 Å². The first-order valence-corrected chi connectivity index (χ1v) is 6.80. The first-order chi connectivity index (χ1) is 8.90. The van der Waals surface area contributed by atoms with Gasteiger partial charge in [-0.2, -0.15) is 0 Å². The van der Waals surface area contributed by atoms with Gasteiger partial charge >= 0.3 is 5.97 Å². The molecule has 0 saturated carbocycles. The Bertz CT molecular complexity index is 454. The van der Waals surface area contributed by atoms with Gasteiger partial charge in [-0.05, 0) is 37.5 Å². The second-order valence-corrected chi connectivity index (χ2v) is 5.07. The van der Waals surface area contributed by atoms with E-state index in [0.717, 1.165) is 24.1 Å². The van der Waals surface area contributed by atoms with E-state index in [1.165, 1.54) is 0 Å². The van der Waals surface area contributed by atoms with E-state index in [4.69, 9.17) is 10.8 Å². The molecule has 1 unspecified atom stereocenters. The number of carboxylic acids is 1. The second kappa shape index (κ2) is 6.45. The molecule has 0 saturated heterocycles. The molecule has 0 fully saturated rings. The zero-order valence-electron chi connectivity index (χ0n) is 12.2. The van der Waals surface area contributed by atoms with Crippen LogP contribution in [0, 0.1) is 12.8 Å². The highest BCUT2D eigenvalue weighted by Crippen LogP contribution is 2.25. The minimum Gasteiger partial charge on any atom is -0.478 e. The van der Waals surface area contributed by atoms with Gasteiger partial charge in [0.2, 0.25) is 0 Å². The van der Waals surface area contributed by atoms with E-state index in [-0.39, 0.29) is 5.56 Å². The topological polar surface area (TPSA) is 75.3 Å². The summed E-state index contributed by atoms with van der Waals surface area (Å²) in [5, 5.41) is 12.5. The van der Waals surface area contributed by atoms with Crippen molar-refractivity contribution in [1.29, 1.82) is 0 Å². The summed E-state index contributed by atoms with van der Waals surface area (Å²) in [6.45, 7) is 8.30. The SMILES string of the molecule is CCC(CC)C(C)Nc1cc(C)c(N)c(C(=O)O)c1. The largest absolute Gasteiger partial charge is 0.478 e. The molecule has 4 nitrogen and oxygen atoms in total. The number of aromatic carboxylic acids is 1. The first-order valence-electron chi connectivity index (χ1n) is 6.80. The molecule has 1 aromatic carbocycles. The maximum Gasteiger partial charge on any atom is 0.337 e. The van der Waals surface area contributed by atoms with E-state index in [1.54, 1.807) is 6.07 Å². The van der Waals surface area contributed by atoms with Gasteiger partial charge in [0, 0.05) is 17.4 Å². The molecule has 0 aromatic heterocycles. The minimum absolute atomic E-state index is 0.166. The van der Waals surface area contributed by atoms with Gasteiger partial charge < -0.3 is 16.2 Å². The third kappa shape index (κ3) is 3.63. The Kier molecular flexibility index (Phi) is 5.21. The van der Waals surface area contributed by atoms with Crippen molar-refractivity contribution >= 4 is 17.3 Å². The fourth-order valence-corrected chi connectivity index (χ4v) is 2.44. The molecule has 4 N–H and O–H groups in total. The molecule has 0 bridgehead atoms. The minimum atomic E-state index is -0.987. The zero-order chi connectivity index (χ0) is 14.6. The Labute approximate surface area is 115 Å². The van der Waals surface area contributed by atoms with Crippen LogP contribution >= 0.6 is 0 Å². The van der Waals surface area contributed by atoms with Gasteiger partial charge in [0.05, 0.1) is 5.56 Å². The number of nitrogens with two attached hydrogens (primary N) is 1. The highest BCUT2D eigenvalue weighted by molar-refractivity contribution is 5.95. The van der Waals surface area contributed by atoms with E-state index in [1.807, 2.05) is 13.0 Å². The van der Waals surface area contributed by atoms with Crippen molar-refractivity contribution in [2.75, 3.05) is 11.1 Å². The molecule has 19 heavy (non-hydrogen) atoms. The number of hydrogen-bond donors (Lipinski definition) is 3. The summed E-state index contributed by atoms with van der Waals surface area (Å²) in [5.41, 5.74) is 7.91. The summed E-state index contributed by atoms with van der Waals surface area (Å²) in [4.78, 5) is 11.2. The van der Waals surface area contributed by atoms with Crippen LogP contribution in [-0.2, 0) is 0 Å². The standard InChI is InChI=1S/C15H24N2O2/c1-5-11(6-2)10(4)17-12-7-9(3)14(16)13(8-12)15(18)19/h7-8,10-11,17H,5-6,16H2,1-4H3,(H,18,19). The smallest absolute Gasteiger partial charge is 0.337 e. The molecule has 1 aromatic rings. The molecule has 0 aliphatic heterocycles. The zero-order valence-corrected chi connectivity index (χ0v) is 12.2. The maximum atomic E-state index is 11.2. The van der Waals surface area contributed by atoms with E-state index in [9.17, 15) is 4.79 Å². The van der Waals surface area contributed by atoms with Gasteiger partial charge in [0.25, 0.3) is 0 Å². The molecule has 106 valence electrons. The summed E-state index contributed by atoms with van der Waals surface area (Å²) >= 11 is 0. The van der Waals surface area contributed by atoms with E-state index in [0.29, 0.717) is 17.6 Å². The Morgan fingerprint density at radius 3 is 2.42 bits per heavy atom. The molecule has 0 spiro atoms. The number of carboxylic acid groups (broad SMARTS) is 1. The highest BCUT2D eigenvalue weighted by atomic mass is 16.4. The fraction of sp³-hybridized carbons (Fsp3) is 0.533. The summed E-state index contributed by atoms with van der Waals surface area (Å²) in [6.07, 6.45) is 2.20. The second-order valence-electron chi connectivity index (χ2n) is 5.07. The van der Waals surface area contributed by atoms with E-state index < -0.39 is 5.97 Å². The van der Waals surface area contributed by atoms with Crippen LogP contribution in [0.1, 0.15) is 49.5 Å². The number of benzene rings is 1. The lowest BCUT2D eigenvalue weighted by Gasteiger charge is -2.24. The lowest BCUT2D eigenvalue weighted by Crippen LogP contribution is -2.25. The van der Waals surface area contributed by atoms with Crippen molar-refractivity contribution in [3.63, 3.8) is 0 Å². The van der Waals surface area contributed by atoms with Crippen LogP contribution in [0.5, 0.6) is 0 Å². The van der Waals surface area contributed by atoms with Gasteiger partial charge in [0.15, 0.2) is 0 Å². The summed E-state index contributed by atoms with van der Waals surface area (Å²) in [7, 11) is 0. The highest BCUT2D eigenvalue weighted by Gasteiger charge is 2.16. The predicted molar refractivity (Wildman–Crippen MR) is 79.7 cm³/mol. The summed E-state index contributed by atoms with van der Waals surface area (Å²) in [5.74, 6) is -0.412. The van der Waals surface area contributed by atoms with E-state index in [2.05, 4.69) is 26.1 Å². The molecule has 0 amide bonds. The van der Waals surface area contributed by atoms with Gasteiger partial charge in [-0.15, -0.1) is 0 Å². The van der Waals surface area contributed by atoms with Crippen LogP contribution < -0.4 is 11.1 Å². The number of nitrogen functional groups attached to an aromatic ring is 1. The van der Waals surface area contributed by atoms with Crippen LogP contribution in [0.25, 0.3) is 0 Å². The fourth-order valence-electron chi connectivity index (χ4n) is 2.44. The Balaban J connectivity index is 2.99. The molecule has 0 aliphatic rings. The molecule has 0 radical (unpaired) electrons. The lowest BCUT2D eigenvalue weighted by atomic mass is 9.95. The van der Waals surface area contributed by atoms with Gasteiger partial charge in [-0.25, -0.2) is 4.79 Å². The number of nitrogens with one attached hydrogen (secondary N) is 1. The molecule has 1 atom stereocenters. The Morgan fingerprint density at radius 1 is 1.37 bits per heavy atom. The molecule has 0 aliphatic carbocycles. The summed E-state index contributed by atoms with van der Waals surface area (Å²) in [6, 6.07) is 3.82. The van der Waals surface area contributed by atoms with Crippen LogP contribution in [0.4, 0.5) is 11.4 Å². The quantitative estimate of drug-likeness (QED) is 0.687. The monoisotopic (exact) mass is 264 g/mol. The maximum absolute atomic E-state index is 11.2. The van der Waals surface area contributed by atoms with Gasteiger partial charge in [0.1, 0.15) is 0 Å². The average Bonchev–Trinajstić information content (AvgIpc) is 2.34. The number of carbonyl (C=O) groups is 1. The molecule has 1 rings (SSSR count). The molecule has 0 heterocycles.